The number of nitrogens with zero attached hydrogens (tertiary/aromatic N) is 1. The quantitative estimate of drug-likeness (QED) is 0.453. The molecule has 5 rings (SSSR count). The summed E-state index contributed by atoms with van der Waals surface area (Å²) >= 11 is 0. The molecule has 0 saturated heterocycles. The molecule has 0 aromatic rings. The lowest BCUT2D eigenvalue weighted by molar-refractivity contribution is -0.143. The summed E-state index contributed by atoms with van der Waals surface area (Å²) in [5.41, 5.74) is 3.42. The molecule has 1 spiro atoms. The predicted octanol–water partition coefficient (Wildman–Crippen LogP) is 5.14. The number of carbonyl (C=O) groups excluding carboxylic acids is 2. The fourth-order valence-electron chi connectivity index (χ4n) is 7.02. The Kier molecular flexibility index (Phi) is 4.82. The average Bonchev–Trinajstić information content (AvgIpc) is 3.18. The smallest absolute Gasteiger partial charge is 0.178 e. The zero-order valence-electron chi connectivity index (χ0n) is 18.8. The molecule has 0 radical (unpaired) electrons. The van der Waals surface area contributed by atoms with Gasteiger partial charge >= 0.3 is 0 Å². The van der Waals surface area contributed by atoms with Crippen molar-refractivity contribution in [3.63, 3.8) is 0 Å². The molecule has 1 saturated carbocycles. The molecule has 0 N–H and O–H groups in total. The van der Waals surface area contributed by atoms with Gasteiger partial charge in [0.25, 0.3) is 0 Å². The van der Waals surface area contributed by atoms with Gasteiger partial charge < -0.3 is 10.0 Å². The molecular weight excluding hydrogens is 390 g/mol. The van der Waals surface area contributed by atoms with Crippen LogP contribution in [-0.4, -0.2) is 29.4 Å². The van der Waals surface area contributed by atoms with E-state index >= 15 is 0 Å². The summed E-state index contributed by atoms with van der Waals surface area (Å²) in [7, 11) is 0. The highest BCUT2D eigenvalue weighted by Gasteiger charge is 2.64. The van der Waals surface area contributed by atoms with Gasteiger partial charge in [0.2, 0.25) is 0 Å². The second-order valence-electron chi connectivity index (χ2n) is 10.4. The topological polar surface area (TPSA) is 69.7 Å². The number of Topliss-reactive ketones (excluding diaryl/α,β-unsaturated/α-hetero) is 1. The Morgan fingerprint density at radius 1 is 1.23 bits per heavy atom. The second-order valence-corrected chi connectivity index (χ2v) is 10.4. The summed E-state index contributed by atoms with van der Waals surface area (Å²) in [4.78, 5) is 31.1. The van der Waals surface area contributed by atoms with E-state index in [1.165, 1.54) is 5.57 Å². The van der Waals surface area contributed by atoms with Crippen LogP contribution in [-0.2, 0) is 14.4 Å². The van der Waals surface area contributed by atoms with Gasteiger partial charge in [-0.15, -0.1) is 0 Å². The molecule has 5 heteroatoms. The van der Waals surface area contributed by atoms with Gasteiger partial charge in [-0.25, -0.2) is 0 Å². The first-order chi connectivity index (χ1) is 14.8. The van der Waals surface area contributed by atoms with Crippen molar-refractivity contribution in [2.24, 2.45) is 16.2 Å². The van der Waals surface area contributed by atoms with Gasteiger partial charge in [-0.1, -0.05) is 43.6 Å². The Balaban J connectivity index is 1.65. The molecule has 5 aliphatic carbocycles. The third-order valence-corrected chi connectivity index (χ3v) is 8.90. The lowest BCUT2D eigenvalue weighted by Crippen LogP contribution is -2.49. The van der Waals surface area contributed by atoms with Gasteiger partial charge in [0.1, 0.15) is 5.78 Å². The number of hydrogen-bond donors (Lipinski definition) is 0. The Labute approximate surface area is 184 Å². The van der Waals surface area contributed by atoms with E-state index in [1.807, 2.05) is 6.08 Å². The monoisotopic (exact) mass is 422 g/mol. The fraction of sp³-hybridized carbons (Fsp3) is 0.615. The van der Waals surface area contributed by atoms with E-state index in [9.17, 15) is 14.8 Å². The number of hydroxylamine groups is 2. The first kappa shape index (κ1) is 21.0. The zero-order chi connectivity index (χ0) is 22.0. The minimum Gasteiger partial charge on any atom is -0.762 e. The van der Waals surface area contributed by atoms with Gasteiger partial charge in [0.05, 0.1) is 18.1 Å². The summed E-state index contributed by atoms with van der Waals surface area (Å²) in [6.45, 7) is 6.86. The van der Waals surface area contributed by atoms with E-state index < -0.39 is 11.5 Å². The van der Waals surface area contributed by atoms with Gasteiger partial charge in [0, 0.05) is 11.8 Å². The van der Waals surface area contributed by atoms with Crippen molar-refractivity contribution in [3.05, 3.63) is 51.8 Å². The SMILES string of the molecule is CCCCON([O-])C1CC2=CC(=O)C=CC2(C)C2=C1C1=CCC3(C)CCC(=O)C13CC2. The van der Waals surface area contributed by atoms with Crippen LogP contribution >= 0.6 is 0 Å². The summed E-state index contributed by atoms with van der Waals surface area (Å²) < 4.78 is 0. The Bertz CT molecular complexity index is 972. The number of hydrogen-bond acceptors (Lipinski definition) is 5. The Hall–Kier alpha value is -1.82. The van der Waals surface area contributed by atoms with Crippen LogP contribution in [0.2, 0.25) is 0 Å². The van der Waals surface area contributed by atoms with Crippen molar-refractivity contribution in [1.82, 2.24) is 5.23 Å². The third kappa shape index (κ3) is 2.73. The van der Waals surface area contributed by atoms with E-state index in [0.29, 0.717) is 25.2 Å². The summed E-state index contributed by atoms with van der Waals surface area (Å²) in [5.74, 6) is 0.319. The van der Waals surface area contributed by atoms with Crippen LogP contribution < -0.4 is 0 Å². The van der Waals surface area contributed by atoms with Crippen LogP contribution in [0.1, 0.15) is 72.1 Å². The summed E-state index contributed by atoms with van der Waals surface area (Å²) in [5, 5.41) is 14.0. The molecule has 0 aromatic heterocycles. The van der Waals surface area contributed by atoms with Crippen molar-refractivity contribution >= 4 is 11.6 Å². The maximum Gasteiger partial charge on any atom is 0.178 e. The minimum atomic E-state index is -0.510. The van der Waals surface area contributed by atoms with E-state index in [-0.39, 0.29) is 16.6 Å². The van der Waals surface area contributed by atoms with Crippen LogP contribution in [0.3, 0.4) is 0 Å². The van der Waals surface area contributed by atoms with Crippen molar-refractivity contribution in [1.29, 1.82) is 0 Å². The number of ketones is 2. The van der Waals surface area contributed by atoms with E-state index in [4.69, 9.17) is 4.84 Å². The minimum absolute atomic E-state index is 0.0227. The first-order valence-electron chi connectivity index (χ1n) is 11.8. The molecular formula is C26H32NO4-. The van der Waals surface area contributed by atoms with E-state index in [0.717, 1.165) is 60.5 Å². The summed E-state index contributed by atoms with van der Waals surface area (Å²) in [6, 6.07) is -0.510. The van der Waals surface area contributed by atoms with Crippen LogP contribution in [0, 0.1) is 21.5 Å². The molecule has 31 heavy (non-hydrogen) atoms. The zero-order valence-corrected chi connectivity index (χ0v) is 18.8. The Morgan fingerprint density at radius 3 is 2.81 bits per heavy atom. The largest absolute Gasteiger partial charge is 0.762 e. The molecule has 5 nitrogen and oxygen atoms in total. The van der Waals surface area contributed by atoms with Crippen LogP contribution in [0.15, 0.2) is 46.6 Å². The first-order valence-corrected chi connectivity index (χ1v) is 11.8. The maximum absolute atomic E-state index is 13.3. The van der Waals surface area contributed by atoms with Gasteiger partial charge in [-0.2, -0.15) is 0 Å². The number of carbonyl (C=O) groups is 2. The maximum atomic E-state index is 13.3. The highest BCUT2D eigenvalue weighted by atomic mass is 16.9. The van der Waals surface area contributed by atoms with E-state index in [1.54, 1.807) is 12.2 Å². The molecule has 0 amide bonds. The number of allylic oxidation sites excluding steroid dienone is 5. The van der Waals surface area contributed by atoms with Crippen LogP contribution in [0.4, 0.5) is 0 Å². The molecule has 4 unspecified atom stereocenters. The lowest BCUT2D eigenvalue weighted by atomic mass is 9.52. The molecule has 0 aromatic carbocycles. The third-order valence-electron chi connectivity index (χ3n) is 8.90. The number of fused-ring (bicyclic) bond motifs is 3. The second kappa shape index (κ2) is 7.09. The predicted molar refractivity (Wildman–Crippen MR) is 119 cm³/mol. The molecule has 0 aliphatic heterocycles. The van der Waals surface area contributed by atoms with Crippen molar-refractivity contribution in [2.45, 2.75) is 78.2 Å². The molecule has 4 atom stereocenters. The van der Waals surface area contributed by atoms with Crippen molar-refractivity contribution in [2.75, 3.05) is 6.61 Å². The molecule has 0 heterocycles. The normalized spacial score (nSPS) is 38.7. The van der Waals surface area contributed by atoms with Crippen molar-refractivity contribution in [3.8, 4) is 0 Å². The Morgan fingerprint density at radius 2 is 2.03 bits per heavy atom. The highest BCUT2D eigenvalue weighted by Crippen LogP contribution is 2.69. The van der Waals surface area contributed by atoms with Crippen molar-refractivity contribution < 1.29 is 14.4 Å². The lowest BCUT2D eigenvalue weighted by Gasteiger charge is -2.54. The number of rotatable bonds is 5. The molecule has 5 aliphatic rings. The fourth-order valence-corrected chi connectivity index (χ4v) is 7.02. The van der Waals surface area contributed by atoms with Gasteiger partial charge in [-0.3, -0.25) is 14.8 Å². The van der Waals surface area contributed by atoms with Gasteiger partial charge in [-0.05, 0) is 74.2 Å². The molecule has 0 bridgehead atoms. The van der Waals surface area contributed by atoms with Gasteiger partial charge in [0.15, 0.2) is 5.78 Å². The molecule has 166 valence electrons. The number of unbranched alkanes of at least 4 members (excludes halogenated alkanes) is 1. The molecule has 1 fully saturated rings. The van der Waals surface area contributed by atoms with Crippen LogP contribution in [0.5, 0.6) is 0 Å². The standard InChI is InChI=1S/C26H32NO4/c1-4-5-14-31-27(30)21-16-17-15-18(28)6-12-25(17,3)19-8-13-26-20(23(19)21)7-10-24(26,2)11-9-22(26)29/h6-7,12,15,21H,4-5,8-11,13-14,16H2,1-3H3/q-1. The highest BCUT2D eigenvalue weighted by molar-refractivity contribution is 6.01. The van der Waals surface area contributed by atoms with E-state index in [2.05, 4.69) is 26.8 Å². The average molecular weight is 423 g/mol. The summed E-state index contributed by atoms with van der Waals surface area (Å²) in [6.07, 6.45) is 13.9. The van der Waals surface area contributed by atoms with Crippen LogP contribution in [0.25, 0.3) is 0 Å².